The van der Waals surface area contributed by atoms with Gasteiger partial charge in [0.15, 0.2) is 12.1 Å². The molecule has 3 aliphatic rings. The maximum absolute atomic E-state index is 13.2. The van der Waals surface area contributed by atoms with Crippen molar-refractivity contribution in [2.75, 3.05) is 20.7 Å². The van der Waals surface area contributed by atoms with Gasteiger partial charge in [0.2, 0.25) is 0 Å². The Morgan fingerprint density at radius 2 is 1.78 bits per heavy atom. The minimum absolute atomic E-state index is 0.0659. The molecule has 0 spiro atoms. The molecule has 0 aromatic rings. The lowest BCUT2D eigenvalue weighted by Crippen LogP contribution is -2.56. The van der Waals surface area contributed by atoms with Crippen LogP contribution in [0.1, 0.15) is 73.6 Å². The van der Waals surface area contributed by atoms with Crippen LogP contribution in [-0.2, 0) is 28.5 Å². The summed E-state index contributed by atoms with van der Waals surface area (Å²) in [6, 6.07) is -0.199. The van der Waals surface area contributed by atoms with Crippen LogP contribution in [0.15, 0.2) is 12.2 Å². The number of hydrogen-bond donors (Lipinski definition) is 3. The lowest BCUT2D eigenvalue weighted by Gasteiger charge is -2.44. The van der Waals surface area contributed by atoms with Gasteiger partial charge in [-0.2, -0.15) is 0 Å². The number of ketones is 1. The Kier molecular flexibility index (Phi) is 12.0. The van der Waals surface area contributed by atoms with Gasteiger partial charge in [0.1, 0.15) is 17.8 Å². The number of epoxide rings is 1. The standard InChI is InChI=1S/C31H53NO9/c1-9-25-20(5)29-31(6,41-29)12-10-23(34)17(2)14-21(11-13-33)28(19(4)24(35)16-26(36)39-25)40-30-27(37)22(32(7)8)15-18(3)38-30/h10,12,17-22,24-25,27-30,33,35,37H,9,11,13-16H2,1-8H3/b12-10+/t17-,18?,19+,20-,21+,22?,24-,25-,27?,28-,29+,30?,31+/m1/s1. The number of ether oxygens (including phenoxy) is 4. The molecule has 0 bridgehead atoms. The van der Waals surface area contributed by atoms with Crippen LogP contribution >= 0.6 is 0 Å². The summed E-state index contributed by atoms with van der Waals surface area (Å²) < 4.78 is 24.3. The largest absolute Gasteiger partial charge is 0.462 e. The van der Waals surface area contributed by atoms with Crippen molar-refractivity contribution in [3.63, 3.8) is 0 Å². The molecule has 3 heterocycles. The highest BCUT2D eigenvalue weighted by molar-refractivity contribution is 5.91. The van der Waals surface area contributed by atoms with Gasteiger partial charge in [-0.05, 0) is 71.7 Å². The summed E-state index contributed by atoms with van der Waals surface area (Å²) in [7, 11) is 3.78. The third-order valence-corrected chi connectivity index (χ3v) is 9.39. The van der Waals surface area contributed by atoms with Gasteiger partial charge in [0.25, 0.3) is 0 Å². The van der Waals surface area contributed by atoms with Crippen molar-refractivity contribution >= 4 is 11.8 Å². The summed E-state index contributed by atoms with van der Waals surface area (Å²) in [5, 5.41) is 32.5. The van der Waals surface area contributed by atoms with Crippen LogP contribution in [0.25, 0.3) is 0 Å². The minimum atomic E-state index is -1.12. The molecule has 13 atom stereocenters. The summed E-state index contributed by atoms with van der Waals surface area (Å²) in [5.74, 6) is -2.04. The van der Waals surface area contributed by atoms with Crippen LogP contribution < -0.4 is 0 Å². The van der Waals surface area contributed by atoms with Gasteiger partial charge in [-0.25, -0.2) is 0 Å². The highest BCUT2D eigenvalue weighted by atomic mass is 16.7. The van der Waals surface area contributed by atoms with E-state index < -0.39 is 54.1 Å². The first-order valence-electron chi connectivity index (χ1n) is 15.3. The van der Waals surface area contributed by atoms with Crippen molar-refractivity contribution in [2.24, 2.45) is 23.7 Å². The first-order chi connectivity index (χ1) is 19.2. The molecular formula is C31H53NO9. The summed E-state index contributed by atoms with van der Waals surface area (Å²) in [5.41, 5.74) is -0.621. The lowest BCUT2D eigenvalue weighted by atomic mass is 9.79. The Labute approximate surface area is 245 Å². The Bertz CT molecular complexity index is 912. The molecular weight excluding hydrogens is 530 g/mol. The van der Waals surface area contributed by atoms with E-state index in [9.17, 15) is 24.9 Å². The van der Waals surface area contributed by atoms with Gasteiger partial charge >= 0.3 is 5.97 Å². The molecule has 0 saturated carbocycles. The van der Waals surface area contributed by atoms with Crippen molar-refractivity contribution in [1.82, 2.24) is 4.90 Å². The normalized spacial score (nSPS) is 45.7. The SMILES string of the molecule is CC[C@H]1OC(=O)C[C@@H](O)[C@H](C)[C@@H](OC2OC(C)CC(N(C)C)C2O)[C@@H](CCO)C[C@@H](C)C(=O)/C=C/[C@]2(C)O[C@H]2[C@@H]1C. The molecule has 0 aromatic heterocycles. The number of likely N-dealkylation sites (N-methyl/N-ethyl adjacent to an activating group) is 1. The van der Waals surface area contributed by atoms with Gasteiger partial charge in [0, 0.05) is 30.4 Å². The predicted octanol–water partition coefficient (Wildman–Crippen LogP) is 2.46. The molecule has 10 heteroatoms. The third-order valence-electron chi connectivity index (χ3n) is 9.39. The molecule has 2 fully saturated rings. The number of carbonyl (C=O) groups is 2. The highest BCUT2D eigenvalue weighted by Gasteiger charge is 2.55. The first kappa shape index (κ1) is 34.1. The Morgan fingerprint density at radius 3 is 2.39 bits per heavy atom. The average Bonchev–Trinajstić information content (AvgIpc) is 3.60. The molecule has 3 N–H and O–H groups in total. The number of aliphatic hydroxyl groups is 3. The number of rotatable bonds is 6. The number of cyclic esters (lactones) is 1. The zero-order chi connectivity index (χ0) is 30.6. The number of allylic oxidation sites excluding steroid dienone is 1. The van der Waals surface area contributed by atoms with E-state index in [1.54, 1.807) is 19.1 Å². The van der Waals surface area contributed by atoms with Crippen LogP contribution in [0.3, 0.4) is 0 Å². The van der Waals surface area contributed by atoms with Crippen molar-refractivity contribution in [1.29, 1.82) is 0 Å². The van der Waals surface area contributed by atoms with Gasteiger partial charge in [-0.15, -0.1) is 0 Å². The van der Waals surface area contributed by atoms with E-state index in [2.05, 4.69) is 0 Å². The van der Waals surface area contributed by atoms with Crippen LogP contribution in [0.4, 0.5) is 0 Å². The van der Waals surface area contributed by atoms with Gasteiger partial charge < -0.3 is 39.2 Å². The Balaban J connectivity index is 1.95. The summed E-state index contributed by atoms with van der Waals surface area (Å²) in [6.45, 7) is 11.2. The van der Waals surface area contributed by atoms with Gasteiger partial charge in [-0.3, -0.25) is 9.59 Å². The topological polar surface area (TPSA) is 138 Å². The zero-order valence-corrected chi connectivity index (χ0v) is 26.1. The van der Waals surface area contributed by atoms with Crippen LogP contribution in [0.5, 0.6) is 0 Å². The maximum atomic E-state index is 13.2. The van der Waals surface area contributed by atoms with Crippen molar-refractivity contribution in [2.45, 2.75) is 128 Å². The smallest absolute Gasteiger partial charge is 0.308 e. The second kappa shape index (κ2) is 14.4. The van der Waals surface area contributed by atoms with Crippen LogP contribution in [0.2, 0.25) is 0 Å². The summed E-state index contributed by atoms with van der Waals surface area (Å²) >= 11 is 0. The van der Waals surface area contributed by atoms with Crippen molar-refractivity contribution in [3.05, 3.63) is 12.2 Å². The number of hydrogen-bond acceptors (Lipinski definition) is 10. The predicted molar refractivity (Wildman–Crippen MR) is 153 cm³/mol. The second-order valence-electron chi connectivity index (χ2n) is 13.0. The van der Waals surface area contributed by atoms with Crippen molar-refractivity contribution in [3.8, 4) is 0 Å². The number of esters is 1. The van der Waals surface area contributed by atoms with Crippen LogP contribution in [-0.4, -0.2) is 107 Å². The Hall–Kier alpha value is -1.40. The molecule has 10 nitrogen and oxygen atoms in total. The fourth-order valence-electron chi connectivity index (χ4n) is 6.59. The molecule has 236 valence electrons. The monoisotopic (exact) mass is 583 g/mol. The molecule has 0 amide bonds. The quantitative estimate of drug-likeness (QED) is 0.316. The van der Waals surface area contributed by atoms with E-state index >= 15 is 0 Å². The van der Waals surface area contributed by atoms with E-state index in [4.69, 9.17) is 18.9 Å². The highest BCUT2D eigenvalue weighted by Crippen LogP contribution is 2.45. The molecule has 0 radical (unpaired) electrons. The summed E-state index contributed by atoms with van der Waals surface area (Å²) in [6.07, 6.45) is 0.468. The number of aliphatic hydroxyl groups excluding tert-OH is 3. The molecule has 0 aliphatic carbocycles. The fourth-order valence-corrected chi connectivity index (χ4v) is 6.59. The average molecular weight is 584 g/mol. The minimum Gasteiger partial charge on any atom is -0.462 e. The molecule has 41 heavy (non-hydrogen) atoms. The molecule has 0 aromatic carbocycles. The second-order valence-corrected chi connectivity index (χ2v) is 13.0. The third kappa shape index (κ3) is 8.37. The number of carbonyl (C=O) groups excluding carboxylic acids is 2. The molecule has 4 unspecified atom stereocenters. The molecule has 2 saturated heterocycles. The number of nitrogens with zero attached hydrogens (tertiary/aromatic N) is 1. The zero-order valence-electron chi connectivity index (χ0n) is 26.1. The lowest BCUT2D eigenvalue weighted by molar-refractivity contribution is -0.283. The van der Waals surface area contributed by atoms with Crippen LogP contribution in [0, 0.1) is 23.7 Å². The molecule has 3 rings (SSSR count). The first-order valence-corrected chi connectivity index (χ1v) is 15.3. The van der Waals surface area contributed by atoms with Gasteiger partial charge in [-0.1, -0.05) is 27.7 Å². The van der Waals surface area contributed by atoms with Gasteiger partial charge in [0.05, 0.1) is 30.8 Å². The maximum Gasteiger partial charge on any atom is 0.308 e. The van der Waals surface area contributed by atoms with E-state index in [-0.39, 0.29) is 48.9 Å². The van der Waals surface area contributed by atoms with E-state index in [0.717, 1.165) is 0 Å². The van der Waals surface area contributed by atoms with E-state index in [1.165, 1.54) is 0 Å². The van der Waals surface area contributed by atoms with E-state index in [1.807, 2.05) is 53.6 Å². The van der Waals surface area contributed by atoms with Crippen molar-refractivity contribution < 1.29 is 43.9 Å². The Morgan fingerprint density at radius 1 is 1.10 bits per heavy atom. The molecule has 3 aliphatic heterocycles. The summed E-state index contributed by atoms with van der Waals surface area (Å²) in [4.78, 5) is 28.2. The van der Waals surface area contributed by atoms with E-state index in [0.29, 0.717) is 25.7 Å². The fraction of sp³-hybridized carbons (Fsp3) is 0.871. The number of fused-ring (bicyclic) bond motifs is 1.